The van der Waals surface area contributed by atoms with E-state index in [0.717, 1.165) is 44.8 Å². The second-order valence-corrected chi connectivity index (χ2v) is 4.26. The van der Waals surface area contributed by atoms with Gasteiger partial charge in [-0.15, -0.1) is 0 Å². The van der Waals surface area contributed by atoms with Crippen molar-refractivity contribution >= 4 is 0 Å². The second kappa shape index (κ2) is 5.87. The number of rotatable bonds is 5. The van der Waals surface area contributed by atoms with Crippen LogP contribution in [-0.2, 0) is 0 Å². The highest BCUT2D eigenvalue weighted by molar-refractivity contribution is 5.20. The topological polar surface area (TPSA) is 32.7 Å². The van der Waals surface area contributed by atoms with Crippen molar-refractivity contribution in [2.45, 2.75) is 18.9 Å². The Labute approximate surface area is 96.6 Å². The number of nitrogens with zero attached hydrogens (tertiary/aromatic N) is 1. The highest BCUT2D eigenvalue weighted by Crippen LogP contribution is 2.10. The predicted molar refractivity (Wildman–Crippen MR) is 63.6 cm³/mol. The lowest BCUT2D eigenvalue weighted by molar-refractivity contribution is 0.173. The van der Waals surface area contributed by atoms with Crippen LogP contribution in [0.2, 0.25) is 0 Å². The number of aliphatic hydroxyl groups excluding tert-OH is 1. The van der Waals surface area contributed by atoms with Crippen molar-refractivity contribution in [2.75, 3.05) is 26.2 Å². The summed E-state index contributed by atoms with van der Waals surface area (Å²) in [6.45, 7) is 3.61. The average molecular weight is 221 g/mol. The number of benzene rings is 1. The average Bonchev–Trinajstić information content (AvgIpc) is 2.72. The number of likely N-dealkylation sites (tertiary alicyclic amines) is 1. The van der Waals surface area contributed by atoms with E-state index >= 15 is 0 Å². The Morgan fingerprint density at radius 1 is 1.31 bits per heavy atom. The monoisotopic (exact) mass is 221 g/mol. The Morgan fingerprint density at radius 3 is 2.81 bits per heavy atom. The Hall–Kier alpha value is -1.06. The molecule has 16 heavy (non-hydrogen) atoms. The van der Waals surface area contributed by atoms with Gasteiger partial charge in [-0.3, -0.25) is 0 Å². The molecule has 0 bridgehead atoms. The lowest BCUT2D eigenvalue weighted by atomic mass is 10.3. The van der Waals surface area contributed by atoms with Crippen molar-refractivity contribution in [1.29, 1.82) is 0 Å². The van der Waals surface area contributed by atoms with Crippen LogP contribution >= 0.6 is 0 Å². The van der Waals surface area contributed by atoms with E-state index in [4.69, 9.17) is 4.74 Å². The first-order valence-electron chi connectivity index (χ1n) is 5.93. The van der Waals surface area contributed by atoms with E-state index in [2.05, 4.69) is 4.90 Å². The summed E-state index contributed by atoms with van der Waals surface area (Å²) in [6.07, 6.45) is 1.82. The quantitative estimate of drug-likeness (QED) is 0.765. The summed E-state index contributed by atoms with van der Waals surface area (Å²) in [5, 5.41) is 9.36. The molecular weight excluding hydrogens is 202 g/mol. The molecule has 0 amide bonds. The van der Waals surface area contributed by atoms with Crippen molar-refractivity contribution in [3.63, 3.8) is 0 Å². The Morgan fingerprint density at radius 2 is 2.12 bits per heavy atom. The zero-order valence-corrected chi connectivity index (χ0v) is 9.51. The van der Waals surface area contributed by atoms with Gasteiger partial charge in [0.25, 0.3) is 0 Å². The van der Waals surface area contributed by atoms with Crippen LogP contribution in [0.25, 0.3) is 0 Å². The number of ether oxygens (including phenoxy) is 1. The van der Waals surface area contributed by atoms with Crippen molar-refractivity contribution < 1.29 is 9.84 Å². The van der Waals surface area contributed by atoms with Gasteiger partial charge in [-0.1, -0.05) is 18.2 Å². The first-order valence-corrected chi connectivity index (χ1v) is 5.93. The van der Waals surface area contributed by atoms with Crippen LogP contribution < -0.4 is 4.74 Å². The minimum atomic E-state index is -0.116. The maximum atomic E-state index is 9.36. The Bertz CT molecular complexity index is 302. The van der Waals surface area contributed by atoms with E-state index in [1.54, 1.807) is 0 Å². The number of hydrogen-bond acceptors (Lipinski definition) is 3. The highest BCUT2D eigenvalue weighted by Gasteiger charge is 2.18. The second-order valence-electron chi connectivity index (χ2n) is 4.26. The Kier molecular flexibility index (Phi) is 4.19. The maximum Gasteiger partial charge on any atom is 0.119 e. The number of para-hydroxylation sites is 1. The van der Waals surface area contributed by atoms with E-state index in [0.29, 0.717) is 0 Å². The fourth-order valence-electron chi connectivity index (χ4n) is 2.01. The third-order valence-electron chi connectivity index (χ3n) is 2.88. The van der Waals surface area contributed by atoms with Crippen molar-refractivity contribution in [2.24, 2.45) is 0 Å². The molecule has 0 spiro atoms. The smallest absolute Gasteiger partial charge is 0.119 e. The van der Waals surface area contributed by atoms with Crippen LogP contribution in [0.3, 0.4) is 0 Å². The molecule has 3 nitrogen and oxygen atoms in total. The van der Waals surface area contributed by atoms with E-state index in [1.807, 2.05) is 30.3 Å². The van der Waals surface area contributed by atoms with Gasteiger partial charge < -0.3 is 14.7 Å². The molecule has 1 unspecified atom stereocenters. The highest BCUT2D eigenvalue weighted by atomic mass is 16.5. The zero-order valence-electron chi connectivity index (χ0n) is 9.51. The van der Waals surface area contributed by atoms with E-state index in [9.17, 15) is 5.11 Å². The number of β-amino-alcohol motifs (C(OH)–C–C–N with tert-alkyl or cyclic N) is 1. The van der Waals surface area contributed by atoms with Crippen molar-refractivity contribution in [3.05, 3.63) is 30.3 Å². The molecule has 1 atom stereocenters. The molecular formula is C13H19NO2. The maximum absolute atomic E-state index is 9.36. The van der Waals surface area contributed by atoms with Crippen molar-refractivity contribution in [3.8, 4) is 5.75 Å². The third kappa shape index (κ3) is 3.51. The van der Waals surface area contributed by atoms with Crippen LogP contribution in [0.1, 0.15) is 12.8 Å². The molecule has 0 aromatic heterocycles. The fraction of sp³-hybridized carbons (Fsp3) is 0.538. The third-order valence-corrected chi connectivity index (χ3v) is 2.88. The van der Waals surface area contributed by atoms with Gasteiger partial charge in [0.05, 0.1) is 12.7 Å². The molecule has 1 aliphatic rings. The molecule has 1 fully saturated rings. The van der Waals surface area contributed by atoms with E-state index in [-0.39, 0.29) is 6.10 Å². The first-order chi connectivity index (χ1) is 7.84. The molecule has 0 aliphatic carbocycles. The van der Waals surface area contributed by atoms with Gasteiger partial charge in [0.15, 0.2) is 0 Å². The molecule has 1 saturated heterocycles. The van der Waals surface area contributed by atoms with Gasteiger partial charge in [0.2, 0.25) is 0 Å². The van der Waals surface area contributed by atoms with E-state index in [1.165, 1.54) is 0 Å². The minimum Gasteiger partial charge on any atom is -0.494 e. The summed E-state index contributed by atoms with van der Waals surface area (Å²) in [5.41, 5.74) is 0. The van der Waals surface area contributed by atoms with Crippen LogP contribution in [0.15, 0.2) is 30.3 Å². The van der Waals surface area contributed by atoms with Gasteiger partial charge >= 0.3 is 0 Å². The summed E-state index contributed by atoms with van der Waals surface area (Å²) < 4.78 is 5.60. The summed E-state index contributed by atoms with van der Waals surface area (Å²) in [4.78, 5) is 2.29. The lowest BCUT2D eigenvalue weighted by Gasteiger charge is -2.14. The molecule has 1 aliphatic heterocycles. The number of hydrogen-bond donors (Lipinski definition) is 1. The van der Waals surface area contributed by atoms with Gasteiger partial charge in [-0.2, -0.15) is 0 Å². The van der Waals surface area contributed by atoms with Crippen LogP contribution in [-0.4, -0.2) is 42.4 Å². The van der Waals surface area contributed by atoms with E-state index < -0.39 is 0 Å². The van der Waals surface area contributed by atoms with Gasteiger partial charge in [0, 0.05) is 19.6 Å². The lowest BCUT2D eigenvalue weighted by Crippen LogP contribution is -2.24. The van der Waals surface area contributed by atoms with Gasteiger partial charge in [0.1, 0.15) is 5.75 Å². The SMILES string of the molecule is OC1CCN(CCCOc2ccccc2)C1. The largest absolute Gasteiger partial charge is 0.494 e. The predicted octanol–water partition coefficient (Wildman–Crippen LogP) is 1.52. The van der Waals surface area contributed by atoms with Crippen LogP contribution in [0.5, 0.6) is 5.75 Å². The summed E-state index contributed by atoms with van der Waals surface area (Å²) in [6, 6.07) is 9.88. The Balaban J connectivity index is 1.59. The minimum absolute atomic E-state index is 0.116. The molecule has 0 saturated carbocycles. The normalized spacial score (nSPS) is 21.2. The molecule has 88 valence electrons. The molecule has 1 heterocycles. The molecule has 0 radical (unpaired) electrons. The fourth-order valence-corrected chi connectivity index (χ4v) is 2.01. The molecule has 1 N–H and O–H groups in total. The molecule has 1 aromatic rings. The molecule has 2 rings (SSSR count). The molecule has 1 aromatic carbocycles. The summed E-state index contributed by atoms with van der Waals surface area (Å²) in [7, 11) is 0. The standard InChI is InChI=1S/C13H19NO2/c15-12-7-9-14(11-12)8-4-10-16-13-5-2-1-3-6-13/h1-3,5-6,12,15H,4,7-11H2. The summed E-state index contributed by atoms with van der Waals surface area (Å²) >= 11 is 0. The van der Waals surface area contributed by atoms with Crippen LogP contribution in [0.4, 0.5) is 0 Å². The van der Waals surface area contributed by atoms with Crippen LogP contribution in [0, 0.1) is 0 Å². The summed E-state index contributed by atoms with van der Waals surface area (Å²) in [5.74, 6) is 0.934. The van der Waals surface area contributed by atoms with Gasteiger partial charge in [-0.05, 0) is 25.0 Å². The van der Waals surface area contributed by atoms with Crippen molar-refractivity contribution in [1.82, 2.24) is 4.90 Å². The van der Waals surface area contributed by atoms with Gasteiger partial charge in [-0.25, -0.2) is 0 Å². The number of aliphatic hydroxyl groups is 1. The molecule has 3 heteroatoms. The zero-order chi connectivity index (χ0) is 11.2. The first kappa shape index (κ1) is 11.4.